The molecule has 1 aromatic carbocycles. The number of nitrogens with two attached hydrogens (primary N) is 1. The fourth-order valence-electron chi connectivity index (χ4n) is 3.38. The van der Waals surface area contributed by atoms with E-state index in [1.54, 1.807) is 0 Å². The van der Waals surface area contributed by atoms with Crippen molar-refractivity contribution in [2.75, 3.05) is 14.1 Å². The van der Waals surface area contributed by atoms with Gasteiger partial charge in [-0.25, -0.2) is 0 Å². The Labute approximate surface area is 124 Å². The molecule has 114 valence electrons. The minimum atomic E-state index is 0.0290. The fourth-order valence-corrected chi connectivity index (χ4v) is 3.38. The molecule has 0 radical (unpaired) electrons. The zero-order valence-corrected chi connectivity index (χ0v) is 14.2. The molecule has 3 N–H and O–H groups in total. The van der Waals surface area contributed by atoms with E-state index in [2.05, 4.69) is 71.2 Å². The Kier molecular flexibility index (Phi) is 5.75. The van der Waals surface area contributed by atoms with Gasteiger partial charge < -0.3 is 4.90 Å². The molecule has 0 amide bonds. The topological polar surface area (TPSA) is 41.3 Å². The van der Waals surface area contributed by atoms with Gasteiger partial charge in [-0.05, 0) is 70.0 Å². The zero-order chi connectivity index (χ0) is 15.5. The lowest BCUT2D eigenvalue weighted by molar-refractivity contribution is 0.0879. The Balaban J connectivity index is 3.41. The molecule has 0 saturated heterocycles. The second-order valence-electron chi connectivity index (χ2n) is 6.10. The van der Waals surface area contributed by atoms with Crippen LogP contribution in [0.5, 0.6) is 0 Å². The molecule has 1 rings (SSSR count). The van der Waals surface area contributed by atoms with E-state index >= 15 is 0 Å². The van der Waals surface area contributed by atoms with Gasteiger partial charge in [0.05, 0.1) is 6.04 Å². The molecule has 1 aromatic rings. The van der Waals surface area contributed by atoms with Crippen molar-refractivity contribution in [1.29, 1.82) is 0 Å². The van der Waals surface area contributed by atoms with Gasteiger partial charge in [-0.1, -0.05) is 26.0 Å². The lowest BCUT2D eigenvalue weighted by Gasteiger charge is -2.45. The monoisotopic (exact) mass is 277 g/mol. The van der Waals surface area contributed by atoms with Crippen molar-refractivity contribution < 1.29 is 0 Å². The summed E-state index contributed by atoms with van der Waals surface area (Å²) in [6.07, 6.45) is 2.11. The van der Waals surface area contributed by atoms with Gasteiger partial charge >= 0.3 is 0 Å². The van der Waals surface area contributed by atoms with Crippen LogP contribution in [-0.2, 0) is 0 Å². The van der Waals surface area contributed by atoms with E-state index in [-0.39, 0.29) is 11.6 Å². The molecule has 0 aliphatic heterocycles. The van der Waals surface area contributed by atoms with Gasteiger partial charge in [0, 0.05) is 5.54 Å². The highest BCUT2D eigenvalue weighted by Crippen LogP contribution is 2.37. The van der Waals surface area contributed by atoms with Crippen LogP contribution >= 0.6 is 0 Å². The summed E-state index contributed by atoms with van der Waals surface area (Å²) in [6.45, 7) is 11.0. The van der Waals surface area contributed by atoms with Gasteiger partial charge in [-0.3, -0.25) is 11.3 Å². The van der Waals surface area contributed by atoms with Crippen molar-refractivity contribution in [2.45, 2.75) is 59.0 Å². The molecular weight excluding hydrogens is 246 g/mol. The highest BCUT2D eigenvalue weighted by Gasteiger charge is 2.38. The Morgan fingerprint density at radius 2 is 1.55 bits per heavy atom. The van der Waals surface area contributed by atoms with E-state index in [1.807, 2.05) is 0 Å². The molecule has 0 fully saturated rings. The third-order valence-electron chi connectivity index (χ3n) is 5.01. The molecule has 20 heavy (non-hydrogen) atoms. The summed E-state index contributed by atoms with van der Waals surface area (Å²) in [5.74, 6) is 5.96. The fraction of sp³-hybridized carbons (Fsp3) is 0.647. The second kappa shape index (κ2) is 6.70. The highest BCUT2D eigenvalue weighted by molar-refractivity contribution is 5.39. The first-order valence-electron chi connectivity index (χ1n) is 7.55. The van der Waals surface area contributed by atoms with Gasteiger partial charge in [-0.15, -0.1) is 0 Å². The molecule has 0 aromatic heterocycles. The number of hydrogen-bond donors (Lipinski definition) is 2. The van der Waals surface area contributed by atoms with Crippen molar-refractivity contribution in [1.82, 2.24) is 10.3 Å². The highest BCUT2D eigenvalue weighted by atomic mass is 15.3. The first kappa shape index (κ1) is 17.2. The quantitative estimate of drug-likeness (QED) is 0.619. The van der Waals surface area contributed by atoms with Crippen LogP contribution in [0.15, 0.2) is 12.1 Å². The van der Waals surface area contributed by atoms with Crippen LogP contribution in [0.2, 0.25) is 0 Å². The number of benzene rings is 1. The van der Waals surface area contributed by atoms with Crippen LogP contribution in [0.25, 0.3) is 0 Å². The molecule has 0 bridgehead atoms. The Morgan fingerprint density at radius 3 is 1.95 bits per heavy atom. The van der Waals surface area contributed by atoms with Gasteiger partial charge in [0.1, 0.15) is 0 Å². The first-order valence-corrected chi connectivity index (χ1v) is 7.55. The van der Waals surface area contributed by atoms with Crippen LogP contribution in [0.1, 0.15) is 55.0 Å². The number of hydrogen-bond acceptors (Lipinski definition) is 3. The van der Waals surface area contributed by atoms with E-state index in [4.69, 9.17) is 5.84 Å². The number of likely N-dealkylation sites (N-methyl/N-ethyl adjacent to an activating group) is 1. The van der Waals surface area contributed by atoms with Crippen LogP contribution in [0.4, 0.5) is 0 Å². The second-order valence-corrected chi connectivity index (χ2v) is 6.10. The van der Waals surface area contributed by atoms with E-state index in [9.17, 15) is 0 Å². The molecule has 0 spiro atoms. The normalized spacial score (nSPS) is 13.8. The molecule has 0 aliphatic rings. The molecule has 0 saturated carbocycles. The maximum absolute atomic E-state index is 5.96. The van der Waals surface area contributed by atoms with Crippen molar-refractivity contribution >= 4 is 0 Å². The maximum atomic E-state index is 5.96. The van der Waals surface area contributed by atoms with Gasteiger partial charge in [0.2, 0.25) is 0 Å². The Morgan fingerprint density at radius 1 is 1.05 bits per heavy atom. The number of rotatable bonds is 6. The lowest BCUT2D eigenvalue weighted by atomic mass is 9.78. The first-order chi connectivity index (χ1) is 9.33. The predicted molar refractivity (Wildman–Crippen MR) is 87.7 cm³/mol. The zero-order valence-electron chi connectivity index (χ0n) is 14.2. The SMILES string of the molecule is CCC(CC)(C(NN)c1cc(C)c(C)cc1C)N(C)C. The number of aryl methyl sites for hydroxylation is 3. The smallest absolute Gasteiger partial charge is 0.0646 e. The summed E-state index contributed by atoms with van der Waals surface area (Å²) >= 11 is 0. The molecular formula is C17H31N3. The summed E-state index contributed by atoms with van der Waals surface area (Å²) < 4.78 is 0. The van der Waals surface area contributed by atoms with Gasteiger partial charge in [0.25, 0.3) is 0 Å². The van der Waals surface area contributed by atoms with Crippen molar-refractivity contribution in [2.24, 2.45) is 5.84 Å². The van der Waals surface area contributed by atoms with E-state index in [0.717, 1.165) is 12.8 Å². The van der Waals surface area contributed by atoms with Crippen molar-refractivity contribution in [3.63, 3.8) is 0 Å². The lowest BCUT2D eigenvalue weighted by Crippen LogP contribution is -2.54. The van der Waals surface area contributed by atoms with Crippen molar-refractivity contribution in [3.8, 4) is 0 Å². The van der Waals surface area contributed by atoms with E-state index in [1.165, 1.54) is 22.3 Å². The molecule has 0 heterocycles. The summed E-state index contributed by atoms with van der Waals surface area (Å²) in [6, 6.07) is 4.69. The largest absolute Gasteiger partial charge is 0.302 e. The number of nitrogens with one attached hydrogen (secondary N) is 1. The standard InChI is InChI=1S/C17H31N3/c1-8-17(9-2,20(6)7)16(19-18)15-11-13(4)12(3)10-14(15)5/h10-11,16,19H,8-9,18H2,1-7H3. The van der Waals surface area contributed by atoms with Crippen LogP contribution in [0.3, 0.4) is 0 Å². The Hall–Kier alpha value is -0.900. The molecule has 0 aliphatic carbocycles. The number of nitrogens with zero attached hydrogens (tertiary/aromatic N) is 1. The summed E-state index contributed by atoms with van der Waals surface area (Å²) in [4.78, 5) is 2.31. The van der Waals surface area contributed by atoms with Gasteiger partial charge in [0.15, 0.2) is 0 Å². The average molecular weight is 277 g/mol. The Bertz CT molecular complexity index is 448. The summed E-state index contributed by atoms with van der Waals surface area (Å²) in [5, 5.41) is 0. The third-order valence-corrected chi connectivity index (χ3v) is 5.01. The number of hydrazine groups is 1. The van der Waals surface area contributed by atoms with Crippen LogP contribution in [-0.4, -0.2) is 24.5 Å². The molecule has 1 unspecified atom stereocenters. The minimum Gasteiger partial charge on any atom is -0.302 e. The average Bonchev–Trinajstić information content (AvgIpc) is 2.40. The van der Waals surface area contributed by atoms with Crippen LogP contribution in [0, 0.1) is 20.8 Å². The summed E-state index contributed by atoms with van der Waals surface area (Å²) in [5.41, 5.74) is 8.40. The van der Waals surface area contributed by atoms with Gasteiger partial charge in [-0.2, -0.15) is 0 Å². The van der Waals surface area contributed by atoms with Crippen LogP contribution < -0.4 is 11.3 Å². The molecule has 3 nitrogen and oxygen atoms in total. The minimum absolute atomic E-state index is 0.0290. The van der Waals surface area contributed by atoms with E-state index in [0.29, 0.717) is 0 Å². The van der Waals surface area contributed by atoms with Crippen molar-refractivity contribution in [3.05, 3.63) is 34.4 Å². The maximum Gasteiger partial charge on any atom is 0.0646 e. The molecule has 1 atom stereocenters. The van der Waals surface area contributed by atoms with E-state index < -0.39 is 0 Å². The molecule has 3 heteroatoms. The third kappa shape index (κ3) is 2.90. The summed E-state index contributed by atoms with van der Waals surface area (Å²) in [7, 11) is 4.29. The predicted octanol–water partition coefficient (Wildman–Crippen LogP) is 3.24.